The summed E-state index contributed by atoms with van der Waals surface area (Å²) in [4.78, 5) is 12.1. The molecule has 0 aliphatic heterocycles. The lowest BCUT2D eigenvalue weighted by molar-refractivity contribution is 0.103. The first-order chi connectivity index (χ1) is 8.47. The van der Waals surface area contributed by atoms with E-state index in [9.17, 15) is 9.18 Å². The Morgan fingerprint density at radius 1 is 0.889 bits per heavy atom. The van der Waals surface area contributed by atoms with Gasteiger partial charge in [-0.15, -0.1) is 0 Å². The molecule has 2 rings (SSSR count). The van der Waals surface area contributed by atoms with Crippen LogP contribution in [0.4, 0.5) is 4.39 Å². The molecule has 0 unspecified atom stereocenters. The maximum absolute atomic E-state index is 13.6. The lowest BCUT2D eigenvalue weighted by Crippen LogP contribution is -2.04. The molecule has 0 heterocycles. The lowest BCUT2D eigenvalue weighted by atomic mass is 10.0. The first kappa shape index (κ1) is 13.3. The third-order valence-corrected chi connectivity index (χ3v) is 2.97. The van der Waals surface area contributed by atoms with Crippen molar-refractivity contribution in [2.24, 2.45) is 0 Å². The second kappa shape index (κ2) is 5.27. The van der Waals surface area contributed by atoms with E-state index in [4.69, 9.17) is 34.8 Å². The Labute approximate surface area is 118 Å². The Morgan fingerprint density at radius 3 is 2.11 bits per heavy atom. The molecule has 0 N–H and O–H groups in total. The maximum Gasteiger partial charge on any atom is 0.196 e. The van der Waals surface area contributed by atoms with Crippen molar-refractivity contribution in [1.82, 2.24) is 0 Å². The molecule has 2 aromatic carbocycles. The molecule has 0 aliphatic rings. The van der Waals surface area contributed by atoms with E-state index in [0.717, 1.165) is 6.07 Å². The molecule has 1 nitrogen and oxygen atoms in total. The predicted molar refractivity (Wildman–Crippen MR) is 71.3 cm³/mol. The van der Waals surface area contributed by atoms with E-state index >= 15 is 0 Å². The first-order valence-corrected chi connectivity index (χ1v) is 6.06. The molecule has 0 spiro atoms. The molecule has 18 heavy (non-hydrogen) atoms. The fourth-order valence-corrected chi connectivity index (χ4v) is 2.21. The summed E-state index contributed by atoms with van der Waals surface area (Å²) in [5.41, 5.74) is 0.106. The van der Waals surface area contributed by atoms with E-state index in [2.05, 4.69) is 0 Å². The molecule has 92 valence electrons. The van der Waals surface area contributed by atoms with Crippen molar-refractivity contribution in [2.75, 3.05) is 0 Å². The number of carbonyl (C=O) groups excluding carboxylic acids is 1. The molecule has 0 bridgehead atoms. The largest absolute Gasteiger partial charge is 0.288 e. The van der Waals surface area contributed by atoms with E-state index in [1.807, 2.05) is 0 Å². The molecule has 0 saturated heterocycles. The highest BCUT2D eigenvalue weighted by Gasteiger charge is 2.15. The minimum Gasteiger partial charge on any atom is -0.288 e. The normalized spacial score (nSPS) is 10.4. The average Bonchev–Trinajstić information content (AvgIpc) is 2.30. The van der Waals surface area contributed by atoms with Gasteiger partial charge >= 0.3 is 0 Å². The summed E-state index contributed by atoms with van der Waals surface area (Å²) in [5.74, 6) is -1.15. The molecule has 5 heteroatoms. The predicted octanol–water partition coefficient (Wildman–Crippen LogP) is 5.02. The van der Waals surface area contributed by atoms with Gasteiger partial charge in [0.25, 0.3) is 0 Å². The van der Waals surface area contributed by atoms with E-state index in [0.29, 0.717) is 10.0 Å². The maximum atomic E-state index is 13.6. The third kappa shape index (κ3) is 2.83. The Bertz CT molecular complexity index is 605. The highest BCUT2D eigenvalue weighted by Crippen LogP contribution is 2.23. The summed E-state index contributed by atoms with van der Waals surface area (Å²) in [6.07, 6.45) is 0. The zero-order chi connectivity index (χ0) is 13.3. The molecular weight excluding hydrogens is 297 g/mol. The Kier molecular flexibility index (Phi) is 3.91. The van der Waals surface area contributed by atoms with E-state index in [1.165, 1.54) is 30.3 Å². The summed E-state index contributed by atoms with van der Waals surface area (Å²) in [6.45, 7) is 0. The molecular formula is C13H6Cl3FO. The Morgan fingerprint density at radius 2 is 1.50 bits per heavy atom. The van der Waals surface area contributed by atoms with Gasteiger partial charge in [-0.2, -0.15) is 0 Å². The van der Waals surface area contributed by atoms with Gasteiger partial charge < -0.3 is 0 Å². The molecule has 0 aliphatic carbocycles. The second-order valence-electron chi connectivity index (χ2n) is 3.61. The molecule has 0 aromatic heterocycles. The minimum absolute atomic E-state index is 0.110. The first-order valence-electron chi connectivity index (χ1n) is 4.93. The van der Waals surface area contributed by atoms with Crippen LogP contribution in [0.5, 0.6) is 0 Å². The second-order valence-corrected chi connectivity index (χ2v) is 4.92. The SMILES string of the molecule is O=C(c1cc(Cl)cc(Cl)c1)c1cc(Cl)ccc1F. The van der Waals surface area contributed by atoms with Crippen LogP contribution in [0.25, 0.3) is 0 Å². The van der Waals surface area contributed by atoms with Gasteiger partial charge in [-0.3, -0.25) is 4.79 Å². The van der Waals surface area contributed by atoms with Crippen molar-refractivity contribution in [3.63, 3.8) is 0 Å². The molecule has 0 amide bonds. The van der Waals surface area contributed by atoms with Crippen molar-refractivity contribution in [3.8, 4) is 0 Å². The van der Waals surface area contributed by atoms with Crippen LogP contribution in [0.2, 0.25) is 15.1 Å². The number of rotatable bonds is 2. The van der Waals surface area contributed by atoms with Gasteiger partial charge in [0, 0.05) is 20.6 Å². The number of hydrogen-bond donors (Lipinski definition) is 0. The zero-order valence-corrected chi connectivity index (χ0v) is 11.2. The molecule has 0 fully saturated rings. The Balaban J connectivity index is 2.51. The number of halogens is 4. The number of benzene rings is 2. The van der Waals surface area contributed by atoms with Gasteiger partial charge in [-0.05, 0) is 36.4 Å². The number of ketones is 1. The topological polar surface area (TPSA) is 17.1 Å². The Hall–Kier alpha value is -1.09. The van der Waals surface area contributed by atoms with Crippen LogP contribution in [-0.2, 0) is 0 Å². The monoisotopic (exact) mass is 302 g/mol. The molecule has 2 aromatic rings. The van der Waals surface area contributed by atoms with Gasteiger partial charge in [0.1, 0.15) is 5.82 Å². The van der Waals surface area contributed by atoms with Gasteiger partial charge in [-0.1, -0.05) is 34.8 Å². The van der Waals surface area contributed by atoms with Crippen LogP contribution in [-0.4, -0.2) is 5.78 Å². The van der Waals surface area contributed by atoms with Crippen LogP contribution in [0, 0.1) is 5.82 Å². The van der Waals surface area contributed by atoms with Gasteiger partial charge in [0.15, 0.2) is 5.78 Å². The fourth-order valence-electron chi connectivity index (χ4n) is 1.51. The van der Waals surface area contributed by atoms with Crippen LogP contribution >= 0.6 is 34.8 Å². The average molecular weight is 304 g/mol. The minimum atomic E-state index is -0.638. The van der Waals surface area contributed by atoms with Gasteiger partial charge in [-0.25, -0.2) is 4.39 Å². The number of hydrogen-bond acceptors (Lipinski definition) is 1. The van der Waals surface area contributed by atoms with E-state index in [-0.39, 0.29) is 16.1 Å². The van der Waals surface area contributed by atoms with Crippen molar-refractivity contribution < 1.29 is 9.18 Å². The van der Waals surface area contributed by atoms with Gasteiger partial charge in [0.05, 0.1) is 5.56 Å². The summed E-state index contributed by atoms with van der Waals surface area (Å²) >= 11 is 17.3. The van der Waals surface area contributed by atoms with E-state index < -0.39 is 11.6 Å². The lowest BCUT2D eigenvalue weighted by Gasteiger charge is -2.04. The quantitative estimate of drug-likeness (QED) is 0.712. The summed E-state index contributed by atoms with van der Waals surface area (Å²) in [6, 6.07) is 8.13. The highest BCUT2D eigenvalue weighted by atomic mass is 35.5. The van der Waals surface area contributed by atoms with Crippen LogP contribution in [0.3, 0.4) is 0 Å². The van der Waals surface area contributed by atoms with Crippen molar-refractivity contribution in [3.05, 3.63) is 68.4 Å². The smallest absolute Gasteiger partial charge is 0.196 e. The zero-order valence-electron chi connectivity index (χ0n) is 8.88. The van der Waals surface area contributed by atoms with Gasteiger partial charge in [0.2, 0.25) is 0 Å². The van der Waals surface area contributed by atoms with Crippen LogP contribution in [0.1, 0.15) is 15.9 Å². The molecule has 0 saturated carbocycles. The molecule has 0 radical (unpaired) electrons. The van der Waals surface area contributed by atoms with E-state index in [1.54, 1.807) is 0 Å². The third-order valence-electron chi connectivity index (χ3n) is 2.30. The van der Waals surface area contributed by atoms with Crippen molar-refractivity contribution in [2.45, 2.75) is 0 Å². The van der Waals surface area contributed by atoms with Crippen LogP contribution < -0.4 is 0 Å². The summed E-state index contributed by atoms with van der Waals surface area (Å²) in [7, 11) is 0. The van der Waals surface area contributed by atoms with Crippen molar-refractivity contribution >= 4 is 40.6 Å². The fraction of sp³-hybridized carbons (Fsp3) is 0. The number of carbonyl (C=O) groups is 1. The highest BCUT2D eigenvalue weighted by molar-refractivity contribution is 6.35. The standard InChI is InChI=1S/C13H6Cl3FO/c14-8-1-2-12(17)11(6-8)13(18)7-3-9(15)5-10(16)4-7/h1-6H. The summed E-state index contributed by atoms with van der Waals surface area (Å²) < 4.78 is 13.6. The van der Waals surface area contributed by atoms with Crippen molar-refractivity contribution in [1.29, 1.82) is 0 Å². The van der Waals surface area contributed by atoms with Crippen LogP contribution in [0.15, 0.2) is 36.4 Å². The molecule has 0 atom stereocenters. The summed E-state index contributed by atoms with van der Waals surface area (Å²) in [5, 5.41) is 0.912.